The molecule has 0 aliphatic carbocycles. The molecule has 0 atom stereocenters. The second-order valence-corrected chi connectivity index (χ2v) is 7.27. The van der Waals surface area contributed by atoms with E-state index >= 15 is 0 Å². The van der Waals surface area contributed by atoms with Crippen molar-refractivity contribution in [3.8, 4) is 0 Å². The van der Waals surface area contributed by atoms with Crippen LogP contribution in [-0.2, 0) is 22.2 Å². The van der Waals surface area contributed by atoms with Gasteiger partial charge >= 0.3 is 6.18 Å². The van der Waals surface area contributed by atoms with E-state index in [9.17, 15) is 22.8 Å². The van der Waals surface area contributed by atoms with Crippen molar-refractivity contribution in [2.75, 3.05) is 5.75 Å². The van der Waals surface area contributed by atoms with E-state index < -0.39 is 23.6 Å². The number of fused-ring (bicyclic) bond motifs is 1. The highest BCUT2D eigenvalue weighted by Gasteiger charge is 2.30. The number of hydrogen-bond acceptors (Lipinski definition) is 3. The molecule has 3 aromatic rings. The maximum absolute atomic E-state index is 12.7. The smallest absolute Gasteiger partial charge is 0.273 e. The van der Waals surface area contributed by atoms with Crippen LogP contribution in [0.3, 0.4) is 0 Å². The second-order valence-electron chi connectivity index (χ2n) is 6.23. The van der Waals surface area contributed by atoms with Gasteiger partial charge in [0.2, 0.25) is 11.8 Å². The molecule has 0 unspecified atom stereocenters. The molecular weight excluding hydrogens is 401 g/mol. The Kier molecular flexibility index (Phi) is 6.43. The number of halogens is 3. The van der Waals surface area contributed by atoms with Gasteiger partial charge in [-0.2, -0.15) is 13.2 Å². The summed E-state index contributed by atoms with van der Waals surface area (Å²) in [7, 11) is 0. The molecule has 0 fully saturated rings. The highest BCUT2D eigenvalue weighted by Crippen LogP contribution is 2.31. The van der Waals surface area contributed by atoms with Gasteiger partial charge in [-0.25, -0.2) is 0 Å². The topological polar surface area (TPSA) is 58.2 Å². The summed E-state index contributed by atoms with van der Waals surface area (Å²) in [6.07, 6.45) is -4.35. The van der Waals surface area contributed by atoms with Crippen molar-refractivity contribution >= 4 is 34.3 Å². The van der Waals surface area contributed by atoms with Crippen LogP contribution in [0.4, 0.5) is 13.2 Å². The van der Waals surface area contributed by atoms with Gasteiger partial charge in [-0.05, 0) is 34.5 Å². The Morgan fingerprint density at radius 3 is 2.34 bits per heavy atom. The second kappa shape index (κ2) is 9.00. The average molecular weight is 418 g/mol. The highest BCUT2D eigenvalue weighted by atomic mass is 32.2. The Morgan fingerprint density at radius 1 is 0.862 bits per heavy atom. The summed E-state index contributed by atoms with van der Waals surface area (Å²) >= 11 is 0.953. The van der Waals surface area contributed by atoms with E-state index in [1.54, 1.807) is 0 Å². The SMILES string of the molecule is O=C(CSc1cccc(C(F)(F)F)c1)NNC(=O)Cc1cccc2ccccc12. The molecule has 0 aliphatic heterocycles. The lowest BCUT2D eigenvalue weighted by Crippen LogP contribution is -2.43. The van der Waals surface area contributed by atoms with Gasteiger partial charge in [0.05, 0.1) is 17.7 Å². The molecule has 4 nitrogen and oxygen atoms in total. The maximum Gasteiger partial charge on any atom is 0.416 e. The van der Waals surface area contributed by atoms with Gasteiger partial charge in [0.1, 0.15) is 0 Å². The number of carbonyl (C=O) groups is 2. The van der Waals surface area contributed by atoms with Gasteiger partial charge in [-0.1, -0.05) is 48.5 Å². The first kappa shape index (κ1) is 20.7. The summed E-state index contributed by atoms with van der Waals surface area (Å²) in [5.74, 6) is -1.03. The summed E-state index contributed by atoms with van der Waals surface area (Å²) in [4.78, 5) is 24.3. The quantitative estimate of drug-likeness (QED) is 0.479. The monoisotopic (exact) mass is 418 g/mol. The maximum atomic E-state index is 12.7. The summed E-state index contributed by atoms with van der Waals surface area (Å²) in [6.45, 7) is 0. The van der Waals surface area contributed by atoms with Crippen molar-refractivity contribution in [1.82, 2.24) is 10.9 Å². The van der Waals surface area contributed by atoms with E-state index in [2.05, 4.69) is 10.9 Å². The molecule has 150 valence electrons. The molecule has 0 heterocycles. The minimum Gasteiger partial charge on any atom is -0.273 e. The predicted molar refractivity (Wildman–Crippen MR) is 106 cm³/mol. The van der Waals surface area contributed by atoms with Crippen LogP contribution < -0.4 is 10.9 Å². The highest BCUT2D eigenvalue weighted by molar-refractivity contribution is 8.00. The average Bonchev–Trinajstić information content (AvgIpc) is 2.70. The van der Waals surface area contributed by atoms with Crippen molar-refractivity contribution < 1.29 is 22.8 Å². The third-order valence-corrected chi connectivity index (χ3v) is 5.10. The number of alkyl halides is 3. The van der Waals surface area contributed by atoms with E-state index in [-0.39, 0.29) is 12.2 Å². The lowest BCUT2D eigenvalue weighted by molar-refractivity contribution is -0.137. The van der Waals surface area contributed by atoms with Crippen molar-refractivity contribution in [2.45, 2.75) is 17.5 Å². The van der Waals surface area contributed by atoms with Crippen molar-refractivity contribution in [2.24, 2.45) is 0 Å². The molecule has 2 N–H and O–H groups in total. The van der Waals surface area contributed by atoms with Crippen molar-refractivity contribution in [3.63, 3.8) is 0 Å². The lowest BCUT2D eigenvalue weighted by atomic mass is 10.0. The van der Waals surface area contributed by atoms with E-state index in [0.717, 1.165) is 40.2 Å². The van der Waals surface area contributed by atoms with Crippen LogP contribution in [0.1, 0.15) is 11.1 Å². The van der Waals surface area contributed by atoms with Crippen LogP contribution in [0.25, 0.3) is 10.8 Å². The molecule has 3 aromatic carbocycles. The predicted octanol–water partition coefficient (Wildman–Crippen LogP) is 4.34. The van der Waals surface area contributed by atoms with Gasteiger partial charge in [0.15, 0.2) is 0 Å². The fourth-order valence-corrected chi connectivity index (χ4v) is 3.51. The van der Waals surface area contributed by atoms with Crippen LogP contribution in [0.2, 0.25) is 0 Å². The minimum absolute atomic E-state index is 0.0857. The molecule has 0 radical (unpaired) electrons. The summed E-state index contributed by atoms with van der Waals surface area (Å²) < 4.78 is 38.2. The number of benzene rings is 3. The fourth-order valence-electron chi connectivity index (χ4n) is 2.75. The normalized spacial score (nSPS) is 11.3. The molecule has 2 amide bonds. The first-order chi connectivity index (χ1) is 13.8. The number of hydrazine groups is 1. The van der Waals surface area contributed by atoms with Crippen LogP contribution in [-0.4, -0.2) is 17.6 Å². The van der Waals surface area contributed by atoms with Crippen molar-refractivity contribution in [1.29, 1.82) is 0 Å². The zero-order valence-electron chi connectivity index (χ0n) is 15.1. The zero-order valence-corrected chi connectivity index (χ0v) is 15.9. The van der Waals surface area contributed by atoms with Gasteiger partial charge in [0, 0.05) is 4.90 Å². The van der Waals surface area contributed by atoms with Gasteiger partial charge < -0.3 is 0 Å². The van der Waals surface area contributed by atoms with Crippen LogP contribution in [0, 0.1) is 0 Å². The zero-order chi connectivity index (χ0) is 20.9. The molecule has 0 aliphatic rings. The van der Waals surface area contributed by atoms with Crippen LogP contribution in [0.5, 0.6) is 0 Å². The molecular formula is C21H17F3N2O2S. The molecule has 0 bridgehead atoms. The molecule has 0 spiro atoms. The van der Waals surface area contributed by atoms with E-state index in [0.29, 0.717) is 4.90 Å². The molecule has 8 heteroatoms. The molecule has 0 aromatic heterocycles. The number of carbonyl (C=O) groups excluding carboxylic acids is 2. The third-order valence-electron chi connectivity index (χ3n) is 4.10. The van der Waals surface area contributed by atoms with E-state index in [4.69, 9.17) is 0 Å². The largest absolute Gasteiger partial charge is 0.416 e. The van der Waals surface area contributed by atoms with E-state index in [1.807, 2.05) is 42.5 Å². The number of amides is 2. The molecule has 0 saturated heterocycles. The number of nitrogens with one attached hydrogen (secondary N) is 2. The van der Waals surface area contributed by atoms with Gasteiger partial charge in [0.25, 0.3) is 0 Å². The van der Waals surface area contributed by atoms with E-state index in [1.165, 1.54) is 12.1 Å². The first-order valence-corrected chi connectivity index (χ1v) is 9.66. The summed E-state index contributed by atoms with van der Waals surface area (Å²) in [6, 6.07) is 18.0. The Hall–Kier alpha value is -3.00. The standard InChI is InChI=1S/C21H17F3N2O2S/c22-21(23,24)16-8-4-9-17(12-16)29-13-20(28)26-25-19(27)11-15-7-3-6-14-5-1-2-10-18(14)15/h1-10,12H,11,13H2,(H,25,27)(H,26,28). The number of rotatable bonds is 5. The summed E-state index contributed by atoms with van der Waals surface area (Å²) in [5, 5.41) is 1.97. The molecule has 3 rings (SSSR count). The number of thioether (sulfide) groups is 1. The molecule has 29 heavy (non-hydrogen) atoms. The Labute approximate surface area is 169 Å². The Morgan fingerprint density at radius 2 is 1.55 bits per heavy atom. The van der Waals surface area contributed by atoms with Crippen molar-refractivity contribution in [3.05, 3.63) is 77.9 Å². The first-order valence-electron chi connectivity index (χ1n) is 8.67. The fraction of sp³-hybridized carbons (Fsp3) is 0.143. The number of hydrogen-bond donors (Lipinski definition) is 2. The molecule has 0 saturated carbocycles. The Bertz CT molecular complexity index is 1030. The Balaban J connectivity index is 1.50. The lowest BCUT2D eigenvalue weighted by Gasteiger charge is -2.10. The minimum atomic E-state index is -4.44. The summed E-state index contributed by atoms with van der Waals surface area (Å²) in [5.41, 5.74) is 4.68. The van der Waals surface area contributed by atoms with Gasteiger partial charge in [-0.15, -0.1) is 11.8 Å². The van der Waals surface area contributed by atoms with Gasteiger partial charge in [-0.3, -0.25) is 20.4 Å². The van der Waals surface area contributed by atoms with Crippen LogP contribution in [0.15, 0.2) is 71.6 Å². The third kappa shape index (κ3) is 5.74. The van der Waals surface area contributed by atoms with Crippen LogP contribution >= 0.6 is 11.8 Å².